The molecule has 0 spiro atoms. The fourth-order valence-corrected chi connectivity index (χ4v) is 2.54. The van der Waals surface area contributed by atoms with Crippen LogP contribution in [-0.2, 0) is 14.4 Å². The SMILES string of the molecule is CC(=CC(=O)O)C(=O)[P+](O)(O)CC[C@H](N)C(=O)O. The first-order chi connectivity index (χ1) is 8.08. The van der Waals surface area contributed by atoms with Gasteiger partial charge in [0, 0.05) is 18.1 Å². The van der Waals surface area contributed by atoms with Gasteiger partial charge in [0.25, 0.3) is 0 Å². The molecule has 1 atom stereocenters. The third-order valence-electron chi connectivity index (χ3n) is 2.07. The molecule has 0 radical (unpaired) electrons. The third-order valence-corrected chi connectivity index (χ3v) is 3.96. The summed E-state index contributed by atoms with van der Waals surface area (Å²) in [6, 6.07) is -1.31. The van der Waals surface area contributed by atoms with Crippen molar-refractivity contribution >= 4 is 25.2 Å². The summed E-state index contributed by atoms with van der Waals surface area (Å²) in [6.07, 6.45) is -0.229. The molecule has 0 fully saturated rings. The van der Waals surface area contributed by atoms with Gasteiger partial charge in [0.1, 0.15) is 12.2 Å². The van der Waals surface area contributed by atoms with E-state index in [9.17, 15) is 24.2 Å². The van der Waals surface area contributed by atoms with E-state index in [0.29, 0.717) is 6.08 Å². The summed E-state index contributed by atoms with van der Waals surface area (Å²) in [6.45, 7) is 1.13. The van der Waals surface area contributed by atoms with E-state index in [4.69, 9.17) is 15.9 Å². The van der Waals surface area contributed by atoms with E-state index in [1.165, 1.54) is 0 Å². The first-order valence-electron chi connectivity index (χ1n) is 4.86. The largest absolute Gasteiger partial charge is 0.480 e. The van der Waals surface area contributed by atoms with Gasteiger partial charge in [-0.3, -0.25) is 4.79 Å². The van der Waals surface area contributed by atoms with Crippen LogP contribution in [0.3, 0.4) is 0 Å². The highest BCUT2D eigenvalue weighted by Gasteiger charge is 2.45. The molecular formula is C9H15NO7P+. The summed E-state index contributed by atoms with van der Waals surface area (Å²) in [5.74, 6) is -2.71. The van der Waals surface area contributed by atoms with Crippen LogP contribution in [0.4, 0.5) is 0 Å². The van der Waals surface area contributed by atoms with Crippen LogP contribution >= 0.6 is 7.72 Å². The van der Waals surface area contributed by atoms with Gasteiger partial charge in [-0.1, -0.05) is 0 Å². The van der Waals surface area contributed by atoms with Crippen molar-refractivity contribution in [2.45, 2.75) is 19.4 Å². The van der Waals surface area contributed by atoms with Gasteiger partial charge in [-0.05, 0) is 6.92 Å². The molecule has 0 aliphatic rings. The van der Waals surface area contributed by atoms with E-state index in [2.05, 4.69) is 0 Å². The highest BCUT2D eigenvalue weighted by Crippen LogP contribution is 2.53. The standard InChI is InChI=1S/C9H14NO7P/c1-5(4-7(11)12)9(15)18(16,17)3-2-6(10)8(13)14/h4,6,16-17H,2-3,10H2,1H3,(H-,11,12,13,14)/p+1/t6-/m0/s1. The molecule has 102 valence electrons. The monoisotopic (exact) mass is 280 g/mol. The lowest BCUT2D eigenvalue weighted by molar-refractivity contribution is -0.138. The molecule has 0 aliphatic carbocycles. The number of carboxylic acids is 2. The summed E-state index contributed by atoms with van der Waals surface area (Å²) in [7, 11) is -4.05. The van der Waals surface area contributed by atoms with Crippen molar-refractivity contribution < 1.29 is 34.4 Å². The molecule has 0 rings (SSSR count). The highest BCUT2D eigenvalue weighted by molar-refractivity contribution is 7.81. The van der Waals surface area contributed by atoms with Crippen LogP contribution in [-0.4, -0.2) is 49.7 Å². The van der Waals surface area contributed by atoms with Gasteiger partial charge < -0.3 is 15.9 Å². The smallest absolute Gasteiger partial charge is 0.352 e. The normalized spacial score (nSPS) is 14.1. The Hall–Kier alpha value is -1.34. The van der Waals surface area contributed by atoms with Crippen molar-refractivity contribution in [1.29, 1.82) is 0 Å². The maximum Gasteiger partial charge on any atom is 0.352 e. The maximum absolute atomic E-state index is 11.5. The minimum atomic E-state index is -4.05. The van der Waals surface area contributed by atoms with Crippen molar-refractivity contribution in [3.63, 3.8) is 0 Å². The predicted octanol–water partition coefficient (Wildman–Crippen LogP) is -0.822. The average molecular weight is 280 g/mol. The van der Waals surface area contributed by atoms with Gasteiger partial charge in [-0.2, -0.15) is 0 Å². The summed E-state index contributed by atoms with van der Waals surface area (Å²) < 4.78 is 0. The molecule has 0 saturated carbocycles. The lowest BCUT2D eigenvalue weighted by atomic mass is 10.2. The zero-order chi connectivity index (χ0) is 14.5. The van der Waals surface area contributed by atoms with Crippen LogP contribution < -0.4 is 5.73 Å². The topological polar surface area (TPSA) is 158 Å². The number of carbonyl (C=O) groups is 3. The Morgan fingerprint density at radius 1 is 1.28 bits per heavy atom. The summed E-state index contributed by atoms with van der Waals surface area (Å²) >= 11 is 0. The fraction of sp³-hybridized carbons (Fsp3) is 0.444. The summed E-state index contributed by atoms with van der Waals surface area (Å²) in [5, 5.41) is 16.9. The molecule has 0 aromatic carbocycles. The number of allylic oxidation sites excluding steroid dienone is 1. The van der Waals surface area contributed by atoms with Crippen LogP contribution in [0.15, 0.2) is 11.6 Å². The highest BCUT2D eigenvalue weighted by atomic mass is 31.2. The second kappa shape index (κ2) is 6.55. The van der Waals surface area contributed by atoms with Crippen molar-refractivity contribution in [3.05, 3.63) is 11.6 Å². The molecule has 6 N–H and O–H groups in total. The maximum atomic E-state index is 11.5. The Morgan fingerprint density at radius 2 is 1.78 bits per heavy atom. The van der Waals surface area contributed by atoms with Gasteiger partial charge in [0.05, 0.1) is 0 Å². The van der Waals surface area contributed by atoms with Crippen molar-refractivity contribution in [2.75, 3.05) is 6.16 Å². The van der Waals surface area contributed by atoms with Crippen molar-refractivity contribution in [1.82, 2.24) is 0 Å². The fourth-order valence-electron chi connectivity index (χ4n) is 1.07. The number of aliphatic carboxylic acids is 2. The van der Waals surface area contributed by atoms with E-state index in [0.717, 1.165) is 6.92 Å². The van der Waals surface area contributed by atoms with Crippen LogP contribution in [0.25, 0.3) is 0 Å². The van der Waals surface area contributed by atoms with Crippen LogP contribution in [0.1, 0.15) is 13.3 Å². The van der Waals surface area contributed by atoms with Crippen molar-refractivity contribution in [2.24, 2.45) is 5.73 Å². The molecule has 8 nitrogen and oxygen atoms in total. The predicted molar refractivity (Wildman–Crippen MR) is 62.9 cm³/mol. The number of carboxylic acid groups (broad SMARTS) is 2. The van der Waals surface area contributed by atoms with E-state index in [1.54, 1.807) is 0 Å². The molecule has 0 heterocycles. The summed E-state index contributed by atoms with van der Waals surface area (Å²) in [4.78, 5) is 51.3. The van der Waals surface area contributed by atoms with E-state index in [-0.39, 0.29) is 12.0 Å². The quantitative estimate of drug-likeness (QED) is 0.299. The van der Waals surface area contributed by atoms with Crippen LogP contribution in [0, 0.1) is 0 Å². The molecule has 0 aliphatic heterocycles. The molecule has 0 amide bonds. The number of hydrogen-bond acceptors (Lipinski definition) is 6. The van der Waals surface area contributed by atoms with Gasteiger partial charge in [0.15, 0.2) is 0 Å². The Kier molecular flexibility index (Phi) is 6.07. The Bertz CT molecular complexity index is 390. The van der Waals surface area contributed by atoms with Crippen molar-refractivity contribution in [3.8, 4) is 0 Å². The zero-order valence-corrected chi connectivity index (χ0v) is 10.5. The molecule has 18 heavy (non-hydrogen) atoms. The Balaban J connectivity index is 4.68. The van der Waals surface area contributed by atoms with Gasteiger partial charge in [0.2, 0.25) is 0 Å². The molecule has 0 aromatic rings. The molecule has 0 aromatic heterocycles. The number of nitrogens with two attached hydrogens (primary N) is 1. The first kappa shape index (κ1) is 16.7. The Morgan fingerprint density at radius 3 is 2.17 bits per heavy atom. The molecule has 0 bridgehead atoms. The van der Waals surface area contributed by atoms with E-state index in [1.807, 2.05) is 0 Å². The summed E-state index contributed by atoms with van der Waals surface area (Å²) in [5.41, 5.74) is 3.75. The molecule has 0 saturated heterocycles. The first-order valence-corrected chi connectivity index (χ1v) is 6.74. The lowest BCUT2D eigenvalue weighted by Gasteiger charge is -2.12. The average Bonchev–Trinajstić information content (AvgIpc) is 2.23. The molecule has 9 heteroatoms. The number of carbonyl (C=O) groups excluding carboxylic acids is 1. The van der Waals surface area contributed by atoms with E-state index >= 15 is 0 Å². The second-order valence-corrected chi connectivity index (χ2v) is 5.97. The number of hydrogen-bond donors (Lipinski definition) is 5. The Labute approximate surface area is 103 Å². The molecule has 0 unspecified atom stereocenters. The third kappa shape index (κ3) is 5.33. The second-order valence-electron chi connectivity index (χ2n) is 3.66. The van der Waals surface area contributed by atoms with Crippen LogP contribution in [0.2, 0.25) is 0 Å². The lowest BCUT2D eigenvalue weighted by Crippen LogP contribution is -2.31. The van der Waals surface area contributed by atoms with Gasteiger partial charge >= 0.3 is 25.2 Å². The zero-order valence-electron chi connectivity index (χ0n) is 9.61. The molecular weight excluding hydrogens is 265 g/mol. The van der Waals surface area contributed by atoms with Gasteiger partial charge in [-0.15, -0.1) is 0 Å². The van der Waals surface area contributed by atoms with E-state index < -0.39 is 37.4 Å². The van der Waals surface area contributed by atoms with Gasteiger partial charge in [-0.25, -0.2) is 19.4 Å². The minimum absolute atomic E-state index is 0.289. The number of rotatable bonds is 7. The minimum Gasteiger partial charge on any atom is -0.480 e. The van der Waals surface area contributed by atoms with Crippen LogP contribution in [0.5, 0.6) is 0 Å².